The summed E-state index contributed by atoms with van der Waals surface area (Å²) in [7, 11) is 1.57. The summed E-state index contributed by atoms with van der Waals surface area (Å²) in [5.41, 5.74) is -0.111. The summed E-state index contributed by atoms with van der Waals surface area (Å²) in [6, 6.07) is 7.29. The molecule has 0 spiro atoms. The van der Waals surface area contributed by atoms with E-state index in [1.807, 2.05) is 38.1 Å². The van der Waals surface area contributed by atoms with Crippen molar-refractivity contribution in [1.29, 1.82) is 0 Å². The number of hydrogen-bond donors (Lipinski definition) is 1. The van der Waals surface area contributed by atoms with Gasteiger partial charge in [-0.05, 0) is 50.5 Å². The van der Waals surface area contributed by atoms with E-state index in [0.29, 0.717) is 32.2 Å². The molecular weight excluding hydrogens is 294 g/mol. The van der Waals surface area contributed by atoms with Crippen molar-refractivity contribution in [3.63, 3.8) is 0 Å². The fourth-order valence-corrected chi connectivity index (χ4v) is 2.31. The molecule has 0 aliphatic heterocycles. The van der Waals surface area contributed by atoms with Gasteiger partial charge in [-0.15, -0.1) is 0 Å². The summed E-state index contributed by atoms with van der Waals surface area (Å²) in [6.07, 6.45) is 0.661. The molecule has 1 N–H and O–H groups in total. The third-order valence-corrected chi connectivity index (χ3v) is 3.54. The van der Waals surface area contributed by atoms with Gasteiger partial charge in [-0.3, -0.25) is 4.79 Å². The largest absolute Gasteiger partial charge is 0.491 e. The molecule has 0 aliphatic carbocycles. The van der Waals surface area contributed by atoms with Crippen molar-refractivity contribution in [1.82, 2.24) is 0 Å². The van der Waals surface area contributed by atoms with Crippen LogP contribution in [0.3, 0.4) is 0 Å². The van der Waals surface area contributed by atoms with E-state index in [0.717, 1.165) is 11.4 Å². The van der Waals surface area contributed by atoms with Crippen LogP contribution in [0.15, 0.2) is 24.3 Å². The van der Waals surface area contributed by atoms with Crippen LogP contribution in [0, 0.1) is 5.92 Å². The number of rotatable bonds is 10. The lowest BCUT2D eigenvalue weighted by atomic mass is 9.93. The van der Waals surface area contributed by atoms with Crippen LogP contribution in [0.2, 0.25) is 0 Å². The van der Waals surface area contributed by atoms with Crippen molar-refractivity contribution in [2.45, 2.75) is 39.7 Å². The fourth-order valence-electron chi connectivity index (χ4n) is 2.31. The second-order valence-electron chi connectivity index (χ2n) is 6.06. The van der Waals surface area contributed by atoms with Crippen molar-refractivity contribution in [3.05, 3.63) is 24.3 Å². The molecule has 0 saturated heterocycles. The van der Waals surface area contributed by atoms with Gasteiger partial charge in [0.25, 0.3) is 5.91 Å². The van der Waals surface area contributed by atoms with Crippen molar-refractivity contribution in [2.75, 3.05) is 32.2 Å². The standard InChI is InChI=1S/C18H29NO4/c1-6-22-11-12-23-16-9-7-15(8-10-16)19-17(20)18(4,21-5)13-14(2)3/h7-10,14H,6,11-13H2,1-5H3,(H,19,20)/t18-/m1/s1. The molecule has 0 aliphatic rings. The highest BCUT2D eigenvalue weighted by Gasteiger charge is 2.33. The number of methoxy groups -OCH3 is 1. The second-order valence-corrected chi connectivity index (χ2v) is 6.06. The molecular formula is C18H29NO4. The Labute approximate surface area is 139 Å². The molecule has 0 unspecified atom stereocenters. The van der Waals surface area contributed by atoms with Crippen molar-refractivity contribution >= 4 is 11.6 Å². The Morgan fingerprint density at radius 2 is 1.87 bits per heavy atom. The van der Waals surface area contributed by atoms with Gasteiger partial charge in [0.05, 0.1) is 6.61 Å². The Morgan fingerprint density at radius 1 is 1.22 bits per heavy atom. The normalized spacial score (nSPS) is 13.7. The molecule has 0 aromatic heterocycles. The lowest BCUT2D eigenvalue weighted by Crippen LogP contribution is -2.43. The summed E-state index contributed by atoms with van der Waals surface area (Å²) < 4.78 is 16.2. The van der Waals surface area contributed by atoms with Crippen LogP contribution in [0.25, 0.3) is 0 Å². The molecule has 0 fully saturated rings. The molecule has 5 nitrogen and oxygen atoms in total. The zero-order valence-corrected chi connectivity index (χ0v) is 14.8. The van der Waals surface area contributed by atoms with Crippen LogP contribution < -0.4 is 10.1 Å². The molecule has 0 heterocycles. The Bertz CT molecular complexity index is 472. The number of hydrogen-bond acceptors (Lipinski definition) is 4. The maximum Gasteiger partial charge on any atom is 0.256 e. The summed E-state index contributed by atoms with van der Waals surface area (Å²) in [5.74, 6) is 0.977. The van der Waals surface area contributed by atoms with E-state index >= 15 is 0 Å². The zero-order valence-electron chi connectivity index (χ0n) is 14.8. The third-order valence-electron chi connectivity index (χ3n) is 3.54. The highest BCUT2D eigenvalue weighted by Crippen LogP contribution is 2.23. The maximum absolute atomic E-state index is 12.4. The van der Waals surface area contributed by atoms with E-state index in [4.69, 9.17) is 14.2 Å². The van der Waals surface area contributed by atoms with Crippen LogP contribution in [-0.2, 0) is 14.3 Å². The fraction of sp³-hybridized carbons (Fsp3) is 0.611. The lowest BCUT2D eigenvalue weighted by molar-refractivity contribution is -0.137. The molecule has 1 aromatic carbocycles. The molecule has 0 bridgehead atoms. The molecule has 0 radical (unpaired) electrons. The molecule has 130 valence electrons. The van der Waals surface area contributed by atoms with Crippen LogP contribution in [0.1, 0.15) is 34.1 Å². The molecule has 1 atom stereocenters. The van der Waals surface area contributed by atoms with E-state index in [1.54, 1.807) is 7.11 Å². The monoisotopic (exact) mass is 323 g/mol. The predicted molar refractivity (Wildman–Crippen MR) is 91.9 cm³/mol. The first-order chi connectivity index (χ1) is 10.9. The van der Waals surface area contributed by atoms with Gasteiger partial charge in [-0.2, -0.15) is 0 Å². The number of carbonyl (C=O) groups is 1. The van der Waals surface area contributed by atoms with Crippen molar-refractivity contribution in [2.24, 2.45) is 5.92 Å². The van der Waals surface area contributed by atoms with E-state index in [-0.39, 0.29) is 5.91 Å². The first-order valence-corrected chi connectivity index (χ1v) is 8.08. The minimum atomic E-state index is -0.833. The van der Waals surface area contributed by atoms with Gasteiger partial charge < -0.3 is 19.5 Å². The molecule has 1 amide bonds. The van der Waals surface area contributed by atoms with Crippen LogP contribution >= 0.6 is 0 Å². The lowest BCUT2D eigenvalue weighted by Gasteiger charge is -2.28. The Hall–Kier alpha value is -1.59. The number of nitrogens with one attached hydrogen (secondary N) is 1. The minimum Gasteiger partial charge on any atom is -0.491 e. The molecule has 1 aromatic rings. The first-order valence-electron chi connectivity index (χ1n) is 8.08. The van der Waals surface area contributed by atoms with Crippen LogP contribution in [0.4, 0.5) is 5.69 Å². The topological polar surface area (TPSA) is 56.8 Å². The summed E-state index contributed by atoms with van der Waals surface area (Å²) >= 11 is 0. The number of benzene rings is 1. The number of carbonyl (C=O) groups excluding carboxylic acids is 1. The number of ether oxygens (including phenoxy) is 3. The Balaban J connectivity index is 2.58. The van der Waals surface area contributed by atoms with E-state index in [9.17, 15) is 4.79 Å². The summed E-state index contributed by atoms with van der Waals surface area (Å²) in [5, 5.41) is 2.90. The van der Waals surface area contributed by atoms with Crippen molar-refractivity contribution < 1.29 is 19.0 Å². The highest BCUT2D eigenvalue weighted by atomic mass is 16.5. The van der Waals surface area contributed by atoms with Gasteiger partial charge in [0.1, 0.15) is 18.0 Å². The predicted octanol–water partition coefficient (Wildman–Crippen LogP) is 3.49. The maximum atomic E-state index is 12.4. The average molecular weight is 323 g/mol. The summed E-state index contributed by atoms with van der Waals surface area (Å²) in [4.78, 5) is 12.4. The van der Waals surface area contributed by atoms with Crippen LogP contribution in [0.5, 0.6) is 5.75 Å². The molecule has 1 rings (SSSR count). The number of anilines is 1. The van der Waals surface area contributed by atoms with Gasteiger partial charge in [-0.25, -0.2) is 0 Å². The van der Waals surface area contributed by atoms with Gasteiger partial charge >= 0.3 is 0 Å². The van der Waals surface area contributed by atoms with Crippen molar-refractivity contribution in [3.8, 4) is 5.75 Å². The van der Waals surface area contributed by atoms with E-state index in [2.05, 4.69) is 19.2 Å². The number of amides is 1. The van der Waals surface area contributed by atoms with Gasteiger partial charge in [0.2, 0.25) is 0 Å². The molecule has 5 heteroatoms. The smallest absolute Gasteiger partial charge is 0.256 e. The van der Waals surface area contributed by atoms with Crippen LogP contribution in [-0.4, -0.2) is 38.4 Å². The molecule has 23 heavy (non-hydrogen) atoms. The first kappa shape index (κ1) is 19.5. The van der Waals surface area contributed by atoms with E-state index < -0.39 is 5.60 Å². The molecule has 0 saturated carbocycles. The highest BCUT2D eigenvalue weighted by molar-refractivity contribution is 5.97. The van der Waals surface area contributed by atoms with Gasteiger partial charge in [0.15, 0.2) is 0 Å². The zero-order chi connectivity index (χ0) is 17.3. The van der Waals surface area contributed by atoms with E-state index in [1.165, 1.54) is 0 Å². The second kappa shape index (κ2) is 9.53. The SMILES string of the molecule is CCOCCOc1ccc(NC(=O)[C@@](C)(CC(C)C)OC)cc1. The third kappa shape index (κ3) is 6.59. The quantitative estimate of drug-likeness (QED) is 0.670. The summed E-state index contributed by atoms with van der Waals surface area (Å²) in [6.45, 7) is 9.66. The average Bonchev–Trinajstić information content (AvgIpc) is 2.52. The van der Waals surface area contributed by atoms with Gasteiger partial charge in [-0.1, -0.05) is 13.8 Å². The Kier molecular flexibility index (Phi) is 8.06. The minimum absolute atomic E-state index is 0.140. The van der Waals surface area contributed by atoms with Gasteiger partial charge in [0, 0.05) is 19.4 Å². The Morgan fingerprint density at radius 3 is 2.39 bits per heavy atom.